The summed E-state index contributed by atoms with van der Waals surface area (Å²) in [7, 11) is 0. The van der Waals surface area contributed by atoms with E-state index in [0.717, 1.165) is 12.3 Å². The van der Waals surface area contributed by atoms with Crippen molar-refractivity contribution in [2.24, 2.45) is 11.8 Å². The van der Waals surface area contributed by atoms with Gasteiger partial charge in [0.25, 0.3) is 0 Å². The molecular formula is C13H19I. The fourth-order valence-electron chi connectivity index (χ4n) is 2.18. The van der Waals surface area contributed by atoms with Crippen LogP contribution in [0.15, 0.2) is 36.5 Å². The van der Waals surface area contributed by atoms with E-state index < -0.39 is 0 Å². The van der Waals surface area contributed by atoms with Crippen molar-refractivity contribution in [1.29, 1.82) is 0 Å². The molecule has 1 aliphatic rings. The summed E-state index contributed by atoms with van der Waals surface area (Å²) in [5.74, 6) is 1.44. The van der Waals surface area contributed by atoms with Crippen molar-refractivity contribution in [3.05, 3.63) is 36.5 Å². The van der Waals surface area contributed by atoms with Crippen molar-refractivity contribution >= 4 is 22.6 Å². The van der Waals surface area contributed by atoms with Crippen LogP contribution in [0.5, 0.6) is 0 Å². The molecule has 0 aromatic rings. The molecule has 3 unspecified atom stereocenters. The van der Waals surface area contributed by atoms with Crippen molar-refractivity contribution < 1.29 is 0 Å². The van der Waals surface area contributed by atoms with Gasteiger partial charge in [-0.05, 0) is 31.6 Å². The van der Waals surface area contributed by atoms with E-state index >= 15 is 0 Å². The molecule has 0 fully saturated rings. The largest absolute Gasteiger partial charge is 0.103 e. The van der Waals surface area contributed by atoms with E-state index in [4.69, 9.17) is 0 Å². The average molecular weight is 302 g/mol. The zero-order valence-electron chi connectivity index (χ0n) is 9.04. The summed E-state index contributed by atoms with van der Waals surface area (Å²) in [4.78, 5) is 0. The van der Waals surface area contributed by atoms with Crippen LogP contribution in [0.3, 0.4) is 0 Å². The summed E-state index contributed by atoms with van der Waals surface area (Å²) in [6.45, 7) is 8.36. The lowest BCUT2D eigenvalue weighted by Crippen LogP contribution is -2.23. The van der Waals surface area contributed by atoms with Crippen molar-refractivity contribution in [3.63, 3.8) is 0 Å². The highest BCUT2D eigenvalue weighted by Gasteiger charge is 2.26. The van der Waals surface area contributed by atoms with Crippen molar-refractivity contribution in [2.45, 2.75) is 30.6 Å². The van der Waals surface area contributed by atoms with Gasteiger partial charge in [-0.3, -0.25) is 0 Å². The van der Waals surface area contributed by atoms with Crippen LogP contribution in [0, 0.1) is 11.8 Å². The molecule has 0 N–H and O–H groups in total. The van der Waals surface area contributed by atoms with Gasteiger partial charge in [0.2, 0.25) is 0 Å². The molecule has 14 heavy (non-hydrogen) atoms. The van der Waals surface area contributed by atoms with E-state index in [1.807, 2.05) is 6.08 Å². The first-order valence-corrected chi connectivity index (χ1v) is 6.55. The minimum Gasteiger partial charge on any atom is -0.103 e. The Morgan fingerprint density at radius 2 is 2.36 bits per heavy atom. The van der Waals surface area contributed by atoms with E-state index in [-0.39, 0.29) is 0 Å². The van der Waals surface area contributed by atoms with Gasteiger partial charge in [0.1, 0.15) is 0 Å². The Morgan fingerprint density at radius 1 is 1.64 bits per heavy atom. The zero-order valence-corrected chi connectivity index (χ0v) is 11.2. The number of rotatable bonds is 4. The average Bonchev–Trinajstić information content (AvgIpc) is 2.17. The fraction of sp³-hybridized carbons (Fsp3) is 0.538. The minimum atomic E-state index is 0.690. The summed E-state index contributed by atoms with van der Waals surface area (Å²) in [6, 6.07) is 0. The molecule has 1 aliphatic carbocycles. The Bertz CT molecular complexity index is 250. The number of hydrogen-bond donors (Lipinski definition) is 0. The van der Waals surface area contributed by atoms with Crippen LogP contribution in [0.4, 0.5) is 0 Å². The fourth-order valence-corrected chi connectivity index (χ4v) is 3.28. The second-order valence-electron chi connectivity index (χ2n) is 3.93. The van der Waals surface area contributed by atoms with Crippen LogP contribution in [0.25, 0.3) is 0 Å². The molecule has 1 rings (SSSR count). The maximum atomic E-state index is 3.82. The third-order valence-electron chi connectivity index (χ3n) is 2.99. The molecular weight excluding hydrogens is 283 g/mol. The molecule has 0 saturated heterocycles. The number of alkyl halides is 1. The molecule has 0 aliphatic heterocycles. The first-order valence-electron chi connectivity index (χ1n) is 5.30. The van der Waals surface area contributed by atoms with Crippen molar-refractivity contribution in [2.75, 3.05) is 0 Å². The van der Waals surface area contributed by atoms with Gasteiger partial charge < -0.3 is 0 Å². The van der Waals surface area contributed by atoms with E-state index in [1.54, 1.807) is 0 Å². The molecule has 3 atom stereocenters. The summed E-state index contributed by atoms with van der Waals surface area (Å²) >= 11 is 2.56. The van der Waals surface area contributed by atoms with Crippen LogP contribution in [0.1, 0.15) is 26.7 Å². The van der Waals surface area contributed by atoms with Crippen LogP contribution >= 0.6 is 22.6 Å². The van der Waals surface area contributed by atoms with Gasteiger partial charge in [-0.25, -0.2) is 0 Å². The lowest BCUT2D eigenvalue weighted by atomic mass is 9.79. The van der Waals surface area contributed by atoms with Gasteiger partial charge in [-0.2, -0.15) is 0 Å². The van der Waals surface area contributed by atoms with Gasteiger partial charge in [-0.1, -0.05) is 59.4 Å². The summed E-state index contributed by atoms with van der Waals surface area (Å²) in [6.07, 6.45) is 11.2. The molecule has 0 radical (unpaired) electrons. The van der Waals surface area contributed by atoms with Crippen LogP contribution in [-0.2, 0) is 0 Å². The molecule has 0 amide bonds. The van der Waals surface area contributed by atoms with Gasteiger partial charge in [0.05, 0.1) is 0 Å². The lowest BCUT2D eigenvalue weighted by Gasteiger charge is -2.30. The zero-order chi connectivity index (χ0) is 10.6. The summed E-state index contributed by atoms with van der Waals surface area (Å²) in [5, 5.41) is 0. The van der Waals surface area contributed by atoms with E-state index in [1.165, 1.54) is 12.0 Å². The topological polar surface area (TPSA) is 0 Å². The maximum Gasteiger partial charge on any atom is 0.0213 e. The summed E-state index contributed by atoms with van der Waals surface area (Å²) < 4.78 is 0.690. The normalized spacial score (nSPS) is 28.4. The monoisotopic (exact) mass is 302 g/mol. The Labute approximate surface area is 101 Å². The molecule has 0 aromatic carbocycles. The lowest BCUT2D eigenvalue weighted by molar-refractivity contribution is 0.429. The molecule has 0 heterocycles. The van der Waals surface area contributed by atoms with Crippen LogP contribution in [0.2, 0.25) is 0 Å². The van der Waals surface area contributed by atoms with Crippen LogP contribution in [-0.4, -0.2) is 3.92 Å². The smallest absolute Gasteiger partial charge is 0.0213 e. The minimum absolute atomic E-state index is 0.690. The van der Waals surface area contributed by atoms with Gasteiger partial charge in [-0.15, -0.1) is 6.58 Å². The third kappa shape index (κ3) is 2.72. The number of allylic oxidation sites excluding steroid dienone is 5. The van der Waals surface area contributed by atoms with E-state index in [0.29, 0.717) is 9.84 Å². The molecule has 0 spiro atoms. The Balaban J connectivity index is 2.73. The third-order valence-corrected chi connectivity index (χ3v) is 4.33. The Morgan fingerprint density at radius 3 is 2.93 bits per heavy atom. The molecule has 78 valence electrons. The number of hydrogen-bond acceptors (Lipinski definition) is 0. The van der Waals surface area contributed by atoms with Crippen molar-refractivity contribution in [1.82, 2.24) is 0 Å². The van der Waals surface area contributed by atoms with Gasteiger partial charge >= 0.3 is 0 Å². The Hall–Kier alpha value is -0.0500. The molecule has 0 aromatic heterocycles. The first kappa shape index (κ1) is 12.0. The second-order valence-corrected chi connectivity index (χ2v) is 5.53. The first-order chi connectivity index (χ1) is 6.70. The van der Waals surface area contributed by atoms with Gasteiger partial charge in [0, 0.05) is 3.92 Å². The van der Waals surface area contributed by atoms with E-state index in [2.05, 4.69) is 61.2 Å². The quantitative estimate of drug-likeness (QED) is 0.407. The molecule has 0 saturated carbocycles. The number of halogens is 1. The highest BCUT2D eigenvalue weighted by atomic mass is 127. The summed E-state index contributed by atoms with van der Waals surface area (Å²) in [5.41, 5.74) is 1.53. The van der Waals surface area contributed by atoms with Crippen LogP contribution < -0.4 is 0 Å². The second kappa shape index (κ2) is 5.74. The predicted molar refractivity (Wildman–Crippen MR) is 72.8 cm³/mol. The standard InChI is InChI=1S/C13H19I/c1-4-7-13(14)12-9-6-8-10(3)11(12)5-2/h4,6,8-9,11-13H,1,5,7H2,2-3H3. The van der Waals surface area contributed by atoms with E-state index in [9.17, 15) is 0 Å². The highest BCUT2D eigenvalue weighted by Crippen LogP contribution is 2.35. The maximum absolute atomic E-state index is 3.82. The molecule has 0 nitrogen and oxygen atoms in total. The highest BCUT2D eigenvalue weighted by molar-refractivity contribution is 14.1. The van der Waals surface area contributed by atoms with Gasteiger partial charge in [0.15, 0.2) is 0 Å². The molecule has 1 heteroatoms. The Kier molecular flexibility index (Phi) is 4.93. The predicted octanol–water partition coefficient (Wildman–Crippen LogP) is 4.52. The molecule has 0 bridgehead atoms. The van der Waals surface area contributed by atoms with Crippen molar-refractivity contribution in [3.8, 4) is 0 Å². The SMILES string of the molecule is C=CCC(I)C1C=CC=C(C)C1CC.